The van der Waals surface area contributed by atoms with E-state index < -0.39 is 0 Å². The molecule has 0 aliphatic carbocycles. The maximum atomic E-state index is 12.3. The molecule has 4 nitrogen and oxygen atoms in total. The van der Waals surface area contributed by atoms with Crippen LogP contribution in [0.15, 0.2) is 24.3 Å². The van der Waals surface area contributed by atoms with Gasteiger partial charge in [-0.25, -0.2) is 0 Å². The van der Waals surface area contributed by atoms with E-state index in [0.717, 1.165) is 5.69 Å². The van der Waals surface area contributed by atoms with Gasteiger partial charge in [0.25, 0.3) is 0 Å². The number of nitrogens with zero attached hydrogens (tertiary/aromatic N) is 1. The number of hydrogen-bond donors (Lipinski definition) is 1. The third-order valence-corrected chi connectivity index (χ3v) is 3.12. The number of carbonyl (C=O) groups is 2. The molecule has 18 heavy (non-hydrogen) atoms. The van der Waals surface area contributed by atoms with Gasteiger partial charge in [-0.15, -0.1) is 0 Å². The maximum Gasteiger partial charge on any atom is 0.229 e. The highest BCUT2D eigenvalue weighted by Gasteiger charge is 2.29. The van der Waals surface area contributed by atoms with Crippen LogP contribution < -0.4 is 10.2 Å². The Hall–Kier alpha value is -1.84. The highest BCUT2D eigenvalue weighted by Crippen LogP contribution is 2.30. The van der Waals surface area contributed by atoms with E-state index in [9.17, 15) is 9.59 Å². The lowest BCUT2D eigenvalue weighted by Gasteiger charge is -2.25. The van der Waals surface area contributed by atoms with Gasteiger partial charge in [0, 0.05) is 12.5 Å². The van der Waals surface area contributed by atoms with Crippen LogP contribution in [0.5, 0.6) is 0 Å². The summed E-state index contributed by atoms with van der Waals surface area (Å²) >= 11 is 0. The van der Waals surface area contributed by atoms with Crippen molar-refractivity contribution in [2.24, 2.45) is 11.8 Å². The Morgan fingerprint density at radius 2 is 2.06 bits per heavy atom. The average Bonchev–Trinajstić information content (AvgIpc) is 2.46. The normalized spacial score (nSPS) is 19.2. The lowest BCUT2D eigenvalue weighted by molar-refractivity contribution is -0.122. The second kappa shape index (κ2) is 4.80. The van der Waals surface area contributed by atoms with Gasteiger partial charge in [-0.2, -0.15) is 0 Å². The molecule has 4 heteroatoms. The number of benzene rings is 1. The molecule has 1 aliphatic heterocycles. The monoisotopic (exact) mass is 246 g/mol. The van der Waals surface area contributed by atoms with E-state index in [4.69, 9.17) is 0 Å². The van der Waals surface area contributed by atoms with E-state index in [0.29, 0.717) is 12.2 Å². The number of rotatable bonds is 1. The van der Waals surface area contributed by atoms with Gasteiger partial charge in [-0.3, -0.25) is 9.59 Å². The van der Waals surface area contributed by atoms with Crippen LogP contribution in [0.3, 0.4) is 0 Å². The topological polar surface area (TPSA) is 49.4 Å². The largest absolute Gasteiger partial charge is 0.324 e. The summed E-state index contributed by atoms with van der Waals surface area (Å²) in [6, 6.07) is 7.43. The Morgan fingerprint density at radius 1 is 1.39 bits per heavy atom. The van der Waals surface area contributed by atoms with Crippen molar-refractivity contribution in [2.75, 3.05) is 16.8 Å². The van der Waals surface area contributed by atoms with Crippen LogP contribution in [-0.4, -0.2) is 18.4 Å². The first kappa shape index (κ1) is 12.6. The molecular weight excluding hydrogens is 228 g/mol. The molecule has 1 unspecified atom stereocenters. The molecule has 0 bridgehead atoms. The molecule has 1 aromatic carbocycles. The number of amides is 2. The third kappa shape index (κ3) is 2.23. The molecule has 0 saturated carbocycles. The van der Waals surface area contributed by atoms with Crippen molar-refractivity contribution >= 4 is 23.2 Å². The van der Waals surface area contributed by atoms with Crippen molar-refractivity contribution in [3.63, 3.8) is 0 Å². The van der Waals surface area contributed by atoms with E-state index in [2.05, 4.69) is 5.32 Å². The molecule has 1 aromatic rings. The van der Waals surface area contributed by atoms with Gasteiger partial charge in [-0.1, -0.05) is 32.9 Å². The molecule has 1 atom stereocenters. The Bertz CT molecular complexity index is 482. The summed E-state index contributed by atoms with van der Waals surface area (Å²) in [6.07, 6.45) is 0. The van der Waals surface area contributed by atoms with Crippen molar-refractivity contribution in [1.29, 1.82) is 0 Å². The molecule has 1 aliphatic rings. The fourth-order valence-corrected chi connectivity index (χ4v) is 2.05. The molecule has 1 N–H and O–H groups in total. The lowest BCUT2D eigenvalue weighted by Crippen LogP contribution is -2.38. The first-order valence-corrected chi connectivity index (χ1v) is 6.22. The average molecular weight is 246 g/mol. The summed E-state index contributed by atoms with van der Waals surface area (Å²) in [5, 5.41) is 2.86. The van der Waals surface area contributed by atoms with Gasteiger partial charge in [0.2, 0.25) is 11.8 Å². The second-order valence-corrected chi connectivity index (χ2v) is 5.01. The Kier molecular flexibility index (Phi) is 3.36. The molecule has 0 radical (unpaired) electrons. The van der Waals surface area contributed by atoms with Gasteiger partial charge in [0.15, 0.2) is 0 Å². The Morgan fingerprint density at radius 3 is 2.72 bits per heavy atom. The molecule has 1 heterocycles. The first-order valence-electron chi connectivity index (χ1n) is 6.22. The van der Waals surface area contributed by atoms with Gasteiger partial charge >= 0.3 is 0 Å². The molecule has 0 saturated heterocycles. The van der Waals surface area contributed by atoms with Crippen molar-refractivity contribution in [2.45, 2.75) is 20.8 Å². The van der Waals surface area contributed by atoms with E-state index in [1.54, 1.807) is 4.90 Å². The van der Waals surface area contributed by atoms with E-state index in [1.807, 2.05) is 45.0 Å². The van der Waals surface area contributed by atoms with Crippen molar-refractivity contribution < 1.29 is 9.59 Å². The highest BCUT2D eigenvalue weighted by molar-refractivity contribution is 6.04. The Balaban J connectivity index is 2.46. The standard InChI is InChI=1S/C14H18N2O2/c1-9(2)14(18)16-8-10(3)13(17)15-11-6-4-5-7-12(11)16/h4-7,9-10H,8H2,1-3H3,(H,15,17). The number of hydrogen-bond acceptors (Lipinski definition) is 2. The summed E-state index contributed by atoms with van der Waals surface area (Å²) in [5.74, 6) is -0.286. The number of fused-ring (bicyclic) bond motifs is 1. The van der Waals surface area contributed by atoms with Crippen LogP contribution in [0.1, 0.15) is 20.8 Å². The molecule has 96 valence electrons. The molecule has 2 rings (SSSR count). The SMILES string of the molecule is CC(C)C(=O)N1CC(C)C(=O)Nc2ccccc21. The molecular formula is C14H18N2O2. The van der Waals surface area contributed by atoms with Crippen LogP contribution in [0.25, 0.3) is 0 Å². The van der Waals surface area contributed by atoms with E-state index >= 15 is 0 Å². The third-order valence-electron chi connectivity index (χ3n) is 3.12. The zero-order valence-corrected chi connectivity index (χ0v) is 10.9. The minimum Gasteiger partial charge on any atom is -0.324 e. The predicted octanol–water partition coefficient (Wildman–Crippen LogP) is 2.26. The molecule has 2 amide bonds. The van der Waals surface area contributed by atoms with Crippen LogP contribution in [-0.2, 0) is 9.59 Å². The molecule has 0 spiro atoms. The predicted molar refractivity (Wildman–Crippen MR) is 71.4 cm³/mol. The van der Waals surface area contributed by atoms with E-state index in [1.165, 1.54) is 0 Å². The zero-order valence-electron chi connectivity index (χ0n) is 10.9. The van der Waals surface area contributed by atoms with Gasteiger partial charge in [0.1, 0.15) is 0 Å². The lowest BCUT2D eigenvalue weighted by atomic mass is 10.1. The maximum absolute atomic E-state index is 12.3. The zero-order chi connectivity index (χ0) is 13.3. The minimum atomic E-state index is -0.208. The summed E-state index contributed by atoms with van der Waals surface area (Å²) in [4.78, 5) is 25.8. The van der Waals surface area contributed by atoms with Crippen molar-refractivity contribution in [3.05, 3.63) is 24.3 Å². The van der Waals surface area contributed by atoms with Gasteiger partial charge in [-0.05, 0) is 12.1 Å². The summed E-state index contributed by atoms with van der Waals surface area (Å²) in [7, 11) is 0. The minimum absolute atomic E-state index is 0.0403. The fourth-order valence-electron chi connectivity index (χ4n) is 2.05. The quantitative estimate of drug-likeness (QED) is 0.826. The molecule has 0 fully saturated rings. The summed E-state index contributed by atoms with van der Waals surface area (Å²) < 4.78 is 0. The van der Waals surface area contributed by atoms with Gasteiger partial charge in [0.05, 0.1) is 17.3 Å². The van der Waals surface area contributed by atoms with Crippen LogP contribution in [0.2, 0.25) is 0 Å². The summed E-state index contributed by atoms with van der Waals surface area (Å²) in [5.41, 5.74) is 1.50. The fraction of sp³-hybridized carbons (Fsp3) is 0.429. The second-order valence-electron chi connectivity index (χ2n) is 5.01. The molecule has 0 aromatic heterocycles. The first-order chi connectivity index (χ1) is 8.50. The summed E-state index contributed by atoms with van der Waals surface area (Å²) in [6.45, 7) is 6.01. The number of para-hydroxylation sites is 2. The number of nitrogens with one attached hydrogen (secondary N) is 1. The van der Waals surface area contributed by atoms with Crippen LogP contribution >= 0.6 is 0 Å². The van der Waals surface area contributed by atoms with Gasteiger partial charge < -0.3 is 10.2 Å². The number of anilines is 2. The van der Waals surface area contributed by atoms with E-state index in [-0.39, 0.29) is 23.7 Å². The van der Waals surface area contributed by atoms with Crippen LogP contribution in [0.4, 0.5) is 11.4 Å². The number of carbonyl (C=O) groups excluding carboxylic acids is 2. The Labute approximate surface area is 107 Å². The smallest absolute Gasteiger partial charge is 0.229 e. The van der Waals surface area contributed by atoms with Crippen molar-refractivity contribution in [1.82, 2.24) is 0 Å². The van der Waals surface area contributed by atoms with Crippen LogP contribution in [0, 0.1) is 11.8 Å². The van der Waals surface area contributed by atoms with Crippen molar-refractivity contribution in [3.8, 4) is 0 Å². The highest BCUT2D eigenvalue weighted by atomic mass is 16.2.